The van der Waals surface area contributed by atoms with Crippen molar-refractivity contribution < 1.29 is 9.84 Å². The van der Waals surface area contributed by atoms with Gasteiger partial charge in [-0.3, -0.25) is 0 Å². The first-order valence-corrected chi connectivity index (χ1v) is 6.77. The molecule has 98 valence electrons. The zero-order chi connectivity index (χ0) is 13.4. The Hall–Kier alpha value is -1.22. The molecule has 1 aliphatic heterocycles. The molecule has 1 N–H and O–H groups in total. The topological polar surface area (TPSA) is 29.5 Å². The van der Waals surface area contributed by atoms with E-state index in [1.54, 1.807) is 18.2 Å². The second kappa shape index (κ2) is 5.04. The van der Waals surface area contributed by atoms with E-state index in [1.807, 2.05) is 24.3 Å². The molecule has 0 aliphatic carbocycles. The fraction of sp³-hybridized carbons (Fsp3) is 0.200. The molecule has 0 radical (unpaired) electrons. The van der Waals surface area contributed by atoms with E-state index in [9.17, 15) is 5.11 Å². The molecule has 0 aromatic heterocycles. The van der Waals surface area contributed by atoms with Crippen molar-refractivity contribution in [1.29, 1.82) is 0 Å². The molecule has 0 saturated carbocycles. The number of hydrogen-bond donors (Lipinski definition) is 1. The predicted molar refractivity (Wildman–Crippen MR) is 76.1 cm³/mol. The van der Waals surface area contributed by atoms with E-state index in [0.717, 1.165) is 11.3 Å². The van der Waals surface area contributed by atoms with Gasteiger partial charge in [-0.15, -0.1) is 0 Å². The van der Waals surface area contributed by atoms with Crippen molar-refractivity contribution in [2.45, 2.75) is 12.0 Å². The molecule has 0 saturated heterocycles. The minimum absolute atomic E-state index is 0.118. The average molecular weight is 295 g/mol. The highest BCUT2D eigenvalue weighted by molar-refractivity contribution is 6.33. The van der Waals surface area contributed by atoms with Gasteiger partial charge in [0.25, 0.3) is 0 Å². The van der Waals surface area contributed by atoms with Crippen molar-refractivity contribution in [2.75, 3.05) is 6.61 Å². The van der Waals surface area contributed by atoms with E-state index in [2.05, 4.69) is 0 Å². The molecule has 0 fully saturated rings. The molecular formula is C15H12Cl2O2. The summed E-state index contributed by atoms with van der Waals surface area (Å²) in [6.45, 7) is 0.448. The van der Waals surface area contributed by atoms with Crippen LogP contribution in [0.3, 0.4) is 0 Å². The van der Waals surface area contributed by atoms with Gasteiger partial charge in [0.05, 0.1) is 18.6 Å². The smallest absolute Gasteiger partial charge is 0.123 e. The molecule has 4 heteroatoms. The van der Waals surface area contributed by atoms with Crippen molar-refractivity contribution in [3.63, 3.8) is 0 Å². The summed E-state index contributed by atoms with van der Waals surface area (Å²) in [7, 11) is 0. The SMILES string of the molecule is OC(c1cc(Cl)ccc1Cl)C1COc2ccccc21. The molecule has 2 aromatic carbocycles. The molecule has 2 nitrogen and oxygen atoms in total. The molecule has 2 atom stereocenters. The fourth-order valence-electron chi connectivity index (χ4n) is 2.41. The van der Waals surface area contributed by atoms with Crippen molar-refractivity contribution >= 4 is 23.2 Å². The van der Waals surface area contributed by atoms with E-state index >= 15 is 0 Å². The standard InChI is InChI=1S/C15H12Cl2O2/c16-9-5-6-13(17)11(7-9)15(18)12-8-19-14-4-2-1-3-10(12)14/h1-7,12,15,18H,8H2. The third-order valence-electron chi connectivity index (χ3n) is 3.39. The van der Waals surface area contributed by atoms with Gasteiger partial charge in [0, 0.05) is 21.2 Å². The Balaban J connectivity index is 1.97. The van der Waals surface area contributed by atoms with Crippen LogP contribution in [0.4, 0.5) is 0 Å². The number of ether oxygens (including phenoxy) is 1. The lowest BCUT2D eigenvalue weighted by Crippen LogP contribution is -2.12. The van der Waals surface area contributed by atoms with Gasteiger partial charge >= 0.3 is 0 Å². The third kappa shape index (κ3) is 2.32. The number of rotatable bonds is 2. The number of para-hydroxylation sites is 1. The van der Waals surface area contributed by atoms with Gasteiger partial charge in [0.2, 0.25) is 0 Å². The lowest BCUT2D eigenvalue weighted by molar-refractivity contribution is 0.130. The highest BCUT2D eigenvalue weighted by Gasteiger charge is 2.32. The molecule has 3 rings (SSSR count). The van der Waals surface area contributed by atoms with Crippen molar-refractivity contribution in [3.05, 3.63) is 63.6 Å². The van der Waals surface area contributed by atoms with Crippen LogP contribution in [0.1, 0.15) is 23.1 Å². The highest BCUT2D eigenvalue weighted by atomic mass is 35.5. The summed E-state index contributed by atoms with van der Waals surface area (Å²) >= 11 is 12.1. The molecule has 2 unspecified atom stereocenters. The Kier molecular flexibility index (Phi) is 3.40. The lowest BCUT2D eigenvalue weighted by Gasteiger charge is -2.19. The van der Waals surface area contributed by atoms with E-state index in [0.29, 0.717) is 22.2 Å². The maximum Gasteiger partial charge on any atom is 0.123 e. The van der Waals surface area contributed by atoms with Crippen LogP contribution >= 0.6 is 23.2 Å². The summed E-state index contributed by atoms with van der Waals surface area (Å²) in [6, 6.07) is 12.8. The number of aliphatic hydroxyl groups is 1. The van der Waals surface area contributed by atoms with Gasteiger partial charge in [-0.25, -0.2) is 0 Å². The average Bonchev–Trinajstić information content (AvgIpc) is 2.84. The minimum Gasteiger partial charge on any atom is -0.493 e. The maximum atomic E-state index is 10.5. The van der Waals surface area contributed by atoms with Gasteiger partial charge in [-0.2, -0.15) is 0 Å². The molecule has 2 aromatic rings. The summed E-state index contributed by atoms with van der Waals surface area (Å²) in [4.78, 5) is 0. The summed E-state index contributed by atoms with van der Waals surface area (Å²) in [6.07, 6.45) is -0.727. The molecule has 0 spiro atoms. The number of hydrogen-bond acceptors (Lipinski definition) is 2. The Labute approximate surface area is 121 Å². The first-order valence-electron chi connectivity index (χ1n) is 6.01. The number of aliphatic hydroxyl groups excluding tert-OH is 1. The number of fused-ring (bicyclic) bond motifs is 1. The quantitative estimate of drug-likeness (QED) is 0.899. The zero-order valence-corrected chi connectivity index (χ0v) is 11.5. The van der Waals surface area contributed by atoms with Crippen molar-refractivity contribution in [1.82, 2.24) is 0 Å². The van der Waals surface area contributed by atoms with Crippen LogP contribution in [-0.2, 0) is 0 Å². The first kappa shape index (κ1) is 12.8. The van der Waals surface area contributed by atoms with Gasteiger partial charge in [0.1, 0.15) is 5.75 Å². The summed E-state index contributed by atoms with van der Waals surface area (Å²) in [5.74, 6) is 0.705. The largest absolute Gasteiger partial charge is 0.493 e. The van der Waals surface area contributed by atoms with Crippen molar-refractivity contribution in [2.24, 2.45) is 0 Å². The van der Waals surface area contributed by atoms with Gasteiger partial charge in [-0.1, -0.05) is 41.4 Å². The normalized spacial score (nSPS) is 18.8. The second-order valence-electron chi connectivity index (χ2n) is 4.57. The van der Waals surface area contributed by atoms with Crippen LogP contribution in [0.2, 0.25) is 10.0 Å². The maximum absolute atomic E-state index is 10.5. The Bertz CT molecular complexity index is 613. The van der Waals surface area contributed by atoms with Crippen LogP contribution in [0.5, 0.6) is 5.75 Å². The first-order chi connectivity index (χ1) is 9.16. The fourth-order valence-corrected chi connectivity index (χ4v) is 2.82. The molecular weight excluding hydrogens is 283 g/mol. The summed E-state index contributed by atoms with van der Waals surface area (Å²) < 4.78 is 5.59. The Morgan fingerprint density at radius 2 is 1.95 bits per heavy atom. The molecule has 19 heavy (non-hydrogen) atoms. The van der Waals surface area contributed by atoms with E-state index in [-0.39, 0.29) is 5.92 Å². The lowest BCUT2D eigenvalue weighted by atomic mass is 9.91. The molecule has 1 aliphatic rings. The van der Waals surface area contributed by atoms with E-state index in [4.69, 9.17) is 27.9 Å². The van der Waals surface area contributed by atoms with E-state index < -0.39 is 6.10 Å². The third-order valence-corrected chi connectivity index (χ3v) is 3.97. The van der Waals surface area contributed by atoms with Crippen LogP contribution in [0, 0.1) is 0 Å². The summed E-state index contributed by atoms with van der Waals surface area (Å²) in [5.41, 5.74) is 1.64. The molecule has 0 bridgehead atoms. The van der Waals surface area contributed by atoms with Gasteiger partial charge in [-0.05, 0) is 24.3 Å². The van der Waals surface area contributed by atoms with E-state index in [1.165, 1.54) is 0 Å². The second-order valence-corrected chi connectivity index (χ2v) is 5.41. The minimum atomic E-state index is -0.727. The number of benzene rings is 2. The molecule has 0 amide bonds. The van der Waals surface area contributed by atoms with Crippen LogP contribution in [0.15, 0.2) is 42.5 Å². The monoisotopic (exact) mass is 294 g/mol. The highest BCUT2D eigenvalue weighted by Crippen LogP contribution is 2.42. The number of halogens is 2. The molecule has 1 heterocycles. The van der Waals surface area contributed by atoms with Gasteiger partial charge < -0.3 is 9.84 Å². The van der Waals surface area contributed by atoms with Crippen LogP contribution < -0.4 is 4.74 Å². The van der Waals surface area contributed by atoms with Crippen molar-refractivity contribution in [3.8, 4) is 5.75 Å². The van der Waals surface area contributed by atoms with Gasteiger partial charge in [0.15, 0.2) is 0 Å². The predicted octanol–water partition coefficient (Wildman–Crippen LogP) is 4.20. The van der Waals surface area contributed by atoms with Crippen LogP contribution in [-0.4, -0.2) is 11.7 Å². The van der Waals surface area contributed by atoms with Crippen LogP contribution in [0.25, 0.3) is 0 Å². The Morgan fingerprint density at radius 1 is 1.16 bits per heavy atom. The zero-order valence-electron chi connectivity index (χ0n) is 10.0. The summed E-state index contributed by atoms with van der Waals surface area (Å²) in [5, 5.41) is 11.6. The Morgan fingerprint density at radius 3 is 2.79 bits per heavy atom.